The van der Waals surface area contributed by atoms with Gasteiger partial charge in [-0.05, 0) is 28.1 Å². The first-order valence-corrected chi connectivity index (χ1v) is 5.03. The molecule has 14 heavy (non-hydrogen) atoms. The summed E-state index contributed by atoms with van der Waals surface area (Å²) in [6.07, 6.45) is 1.53. The van der Waals surface area contributed by atoms with Gasteiger partial charge in [-0.1, -0.05) is 17.7 Å². The van der Waals surface area contributed by atoms with Gasteiger partial charge < -0.3 is 0 Å². The number of fused-ring (bicyclic) bond motifs is 1. The van der Waals surface area contributed by atoms with Crippen LogP contribution in [-0.2, 0) is 0 Å². The average molecular weight is 268 g/mol. The summed E-state index contributed by atoms with van der Waals surface area (Å²) in [5.41, 5.74) is 1.31. The van der Waals surface area contributed by atoms with Crippen molar-refractivity contribution in [2.24, 2.45) is 0 Å². The molecule has 1 aromatic carbocycles. The van der Waals surface area contributed by atoms with E-state index in [1.165, 1.54) is 6.20 Å². The molecule has 0 N–H and O–H groups in total. The Hall–Kier alpha value is -1.11. The van der Waals surface area contributed by atoms with E-state index < -0.39 is 0 Å². The van der Waals surface area contributed by atoms with Crippen molar-refractivity contribution in [3.8, 4) is 6.07 Å². The predicted molar refractivity (Wildman–Crippen MR) is 59.2 cm³/mol. The number of rotatable bonds is 0. The topological polar surface area (TPSA) is 36.7 Å². The Morgan fingerprint density at radius 2 is 2.21 bits per heavy atom. The first-order valence-electron chi connectivity index (χ1n) is 3.86. The lowest BCUT2D eigenvalue weighted by atomic mass is 10.2. The minimum Gasteiger partial charge on any atom is -0.255 e. The molecule has 0 amide bonds. The quantitative estimate of drug-likeness (QED) is 0.732. The Bertz CT molecular complexity index is 546. The lowest BCUT2D eigenvalue weighted by Gasteiger charge is -2.01. The van der Waals surface area contributed by atoms with Gasteiger partial charge in [-0.25, -0.2) is 0 Å². The van der Waals surface area contributed by atoms with E-state index in [4.69, 9.17) is 16.9 Å². The van der Waals surface area contributed by atoms with Crippen LogP contribution in [0, 0.1) is 11.3 Å². The molecule has 0 aliphatic rings. The third kappa shape index (κ3) is 1.47. The number of aromatic nitrogens is 1. The van der Waals surface area contributed by atoms with Gasteiger partial charge in [-0.3, -0.25) is 4.98 Å². The van der Waals surface area contributed by atoms with Gasteiger partial charge in [0.25, 0.3) is 0 Å². The molecule has 0 radical (unpaired) electrons. The van der Waals surface area contributed by atoms with Gasteiger partial charge in [0.1, 0.15) is 6.07 Å². The SMILES string of the molecule is N#Cc1cnc2cc(Cl)ccc2c1Br. The van der Waals surface area contributed by atoms with E-state index >= 15 is 0 Å². The van der Waals surface area contributed by atoms with Gasteiger partial charge in [-0.15, -0.1) is 0 Å². The maximum absolute atomic E-state index is 8.79. The first-order chi connectivity index (χ1) is 6.72. The summed E-state index contributed by atoms with van der Waals surface area (Å²) in [6.45, 7) is 0. The van der Waals surface area contributed by atoms with Gasteiger partial charge in [0, 0.05) is 21.1 Å². The highest BCUT2D eigenvalue weighted by molar-refractivity contribution is 9.10. The summed E-state index contributed by atoms with van der Waals surface area (Å²) < 4.78 is 0.765. The molecular formula is C10H4BrClN2. The molecule has 0 saturated heterocycles. The minimum atomic E-state index is 0.528. The highest BCUT2D eigenvalue weighted by Gasteiger charge is 2.05. The van der Waals surface area contributed by atoms with Crippen LogP contribution in [0.4, 0.5) is 0 Å². The number of hydrogen-bond donors (Lipinski definition) is 0. The number of nitrogens with zero attached hydrogens (tertiary/aromatic N) is 2. The van der Waals surface area contributed by atoms with E-state index in [2.05, 4.69) is 27.0 Å². The van der Waals surface area contributed by atoms with Crippen molar-refractivity contribution in [3.05, 3.63) is 39.5 Å². The predicted octanol–water partition coefficient (Wildman–Crippen LogP) is 3.52. The van der Waals surface area contributed by atoms with Crippen LogP contribution in [0.5, 0.6) is 0 Å². The molecule has 0 bridgehead atoms. The molecule has 0 aliphatic heterocycles. The van der Waals surface area contributed by atoms with Crippen LogP contribution < -0.4 is 0 Å². The van der Waals surface area contributed by atoms with E-state index in [0.29, 0.717) is 10.6 Å². The van der Waals surface area contributed by atoms with E-state index in [1.807, 2.05) is 6.07 Å². The highest BCUT2D eigenvalue weighted by Crippen LogP contribution is 2.27. The lowest BCUT2D eigenvalue weighted by molar-refractivity contribution is 1.36. The van der Waals surface area contributed by atoms with Crippen molar-refractivity contribution in [1.29, 1.82) is 5.26 Å². The van der Waals surface area contributed by atoms with Crippen molar-refractivity contribution >= 4 is 38.4 Å². The smallest absolute Gasteiger partial charge is 0.102 e. The van der Waals surface area contributed by atoms with E-state index in [9.17, 15) is 0 Å². The maximum atomic E-state index is 8.79. The minimum absolute atomic E-state index is 0.528. The standard InChI is InChI=1S/C10H4BrClN2/c11-10-6(4-13)5-14-9-3-7(12)1-2-8(9)10/h1-3,5H. The summed E-state index contributed by atoms with van der Waals surface area (Å²) in [5.74, 6) is 0. The van der Waals surface area contributed by atoms with E-state index in [0.717, 1.165) is 15.4 Å². The van der Waals surface area contributed by atoms with Crippen molar-refractivity contribution in [2.75, 3.05) is 0 Å². The molecule has 4 heteroatoms. The molecule has 68 valence electrons. The molecule has 2 rings (SSSR count). The molecule has 0 spiro atoms. The number of pyridine rings is 1. The summed E-state index contributed by atoms with van der Waals surface area (Å²) in [6, 6.07) is 7.44. The van der Waals surface area contributed by atoms with E-state index in [1.54, 1.807) is 12.1 Å². The van der Waals surface area contributed by atoms with Crippen molar-refractivity contribution in [2.45, 2.75) is 0 Å². The summed E-state index contributed by atoms with van der Waals surface area (Å²) >= 11 is 9.19. The normalized spacial score (nSPS) is 10.1. The fraction of sp³-hybridized carbons (Fsp3) is 0. The Labute approximate surface area is 94.3 Å². The largest absolute Gasteiger partial charge is 0.255 e. The number of nitriles is 1. The average Bonchev–Trinajstić information content (AvgIpc) is 2.18. The Balaban J connectivity index is 2.85. The van der Waals surface area contributed by atoms with Crippen LogP contribution >= 0.6 is 27.5 Å². The number of benzene rings is 1. The lowest BCUT2D eigenvalue weighted by Crippen LogP contribution is -1.84. The van der Waals surface area contributed by atoms with Crippen LogP contribution in [0.1, 0.15) is 5.56 Å². The fourth-order valence-corrected chi connectivity index (χ4v) is 1.90. The third-order valence-corrected chi connectivity index (χ3v) is 2.98. The van der Waals surface area contributed by atoms with Gasteiger partial charge >= 0.3 is 0 Å². The van der Waals surface area contributed by atoms with Crippen LogP contribution in [-0.4, -0.2) is 4.98 Å². The second kappa shape index (κ2) is 3.56. The van der Waals surface area contributed by atoms with Gasteiger partial charge in [0.15, 0.2) is 0 Å². The molecule has 0 unspecified atom stereocenters. The Morgan fingerprint density at radius 1 is 1.43 bits per heavy atom. The Kier molecular flexibility index (Phi) is 2.40. The molecule has 0 aliphatic carbocycles. The molecule has 2 nitrogen and oxygen atoms in total. The van der Waals surface area contributed by atoms with Gasteiger partial charge in [0.05, 0.1) is 11.1 Å². The van der Waals surface area contributed by atoms with Crippen molar-refractivity contribution in [3.63, 3.8) is 0 Å². The molecule has 0 atom stereocenters. The molecule has 2 aromatic rings. The van der Waals surface area contributed by atoms with Crippen LogP contribution in [0.25, 0.3) is 10.9 Å². The molecule has 1 heterocycles. The second-order valence-electron chi connectivity index (χ2n) is 2.76. The zero-order valence-corrected chi connectivity index (χ0v) is 9.30. The van der Waals surface area contributed by atoms with Gasteiger partial charge in [-0.2, -0.15) is 5.26 Å². The molecular weight excluding hydrogens is 263 g/mol. The monoisotopic (exact) mass is 266 g/mol. The Morgan fingerprint density at radius 3 is 2.93 bits per heavy atom. The van der Waals surface area contributed by atoms with Gasteiger partial charge in [0.2, 0.25) is 0 Å². The molecule has 1 aromatic heterocycles. The molecule has 0 fully saturated rings. The van der Waals surface area contributed by atoms with Crippen LogP contribution in [0.15, 0.2) is 28.9 Å². The zero-order valence-electron chi connectivity index (χ0n) is 6.96. The summed E-state index contributed by atoms with van der Waals surface area (Å²) in [4.78, 5) is 4.14. The summed E-state index contributed by atoms with van der Waals surface area (Å²) in [5, 5.41) is 10.3. The zero-order chi connectivity index (χ0) is 10.1. The maximum Gasteiger partial charge on any atom is 0.102 e. The highest BCUT2D eigenvalue weighted by atomic mass is 79.9. The third-order valence-electron chi connectivity index (χ3n) is 1.89. The van der Waals surface area contributed by atoms with Crippen molar-refractivity contribution < 1.29 is 0 Å². The summed E-state index contributed by atoms with van der Waals surface area (Å²) in [7, 11) is 0. The van der Waals surface area contributed by atoms with Crippen molar-refractivity contribution in [1.82, 2.24) is 4.98 Å². The van der Waals surface area contributed by atoms with E-state index in [-0.39, 0.29) is 0 Å². The first kappa shape index (κ1) is 9.45. The molecule has 0 saturated carbocycles. The second-order valence-corrected chi connectivity index (χ2v) is 3.99. The number of halogens is 2. The van der Waals surface area contributed by atoms with Crippen LogP contribution in [0.3, 0.4) is 0 Å². The fourth-order valence-electron chi connectivity index (χ4n) is 1.21. The number of hydrogen-bond acceptors (Lipinski definition) is 2. The van der Waals surface area contributed by atoms with Crippen LogP contribution in [0.2, 0.25) is 5.02 Å².